The molecule has 0 aliphatic carbocycles. The van der Waals surface area contributed by atoms with Crippen LogP contribution in [0.15, 0.2) is 91.0 Å². The molecule has 6 heteroatoms. The van der Waals surface area contributed by atoms with Crippen LogP contribution in [0.25, 0.3) is 11.6 Å². The Bertz CT molecular complexity index is 1420. The number of carbonyl (C=O) groups is 4. The SMILES string of the molecule is O=C1C=C(c2ccc(CCCCCCCCCCC(=O)Oc3ccc(C=CC(=O)c4ccccc4)cc3)cc2)C(=O)N1. The van der Waals surface area contributed by atoms with Gasteiger partial charge in [0.15, 0.2) is 5.78 Å². The van der Waals surface area contributed by atoms with Gasteiger partial charge in [0, 0.05) is 18.1 Å². The molecule has 1 aliphatic rings. The zero-order chi connectivity index (χ0) is 29.6. The van der Waals surface area contributed by atoms with Gasteiger partial charge in [-0.15, -0.1) is 0 Å². The van der Waals surface area contributed by atoms with Crippen molar-refractivity contribution < 1.29 is 23.9 Å². The molecule has 0 fully saturated rings. The van der Waals surface area contributed by atoms with Crippen LogP contribution in [-0.4, -0.2) is 23.6 Å². The Morgan fingerprint density at radius 3 is 2.00 bits per heavy atom. The lowest BCUT2D eigenvalue weighted by Gasteiger charge is -2.06. The number of aryl methyl sites for hydroxylation is 1. The summed E-state index contributed by atoms with van der Waals surface area (Å²) in [7, 11) is 0. The number of imide groups is 1. The lowest BCUT2D eigenvalue weighted by atomic mass is 10.0. The number of rotatable bonds is 16. The topological polar surface area (TPSA) is 89.5 Å². The van der Waals surface area contributed by atoms with Gasteiger partial charge in [0.1, 0.15) is 5.75 Å². The second kappa shape index (κ2) is 16.0. The predicted molar refractivity (Wildman–Crippen MR) is 165 cm³/mol. The fourth-order valence-corrected chi connectivity index (χ4v) is 4.84. The van der Waals surface area contributed by atoms with Crippen molar-refractivity contribution in [3.05, 3.63) is 113 Å². The van der Waals surface area contributed by atoms with E-state index in [0.29, 0.717) is 23.3 Å². The monoisotopic (exact) mass is 563 g/mol. The summed E-state index contributed by atoms with van der Waals surface area (Å²) in [5.74, 6) is -0.455. The van der Waals surface area contributed by atoms with Gasteiger partial charge < -0.3 is 4.74 Å². The minimum Gasteiger partial charge on any atom is -0.427 e. The maximum absolute atomic E-state index is 12.2. The Morgan fingerprint density at radius 2 is 1.36 bits per heavy atom. The average molecular weight is 564 g/mol. The maximum atomic E-state index is 12.2. The van der Waals surface area contributed by atoms with Crippen molar-refractivity contribution in [2.24, 2.45) is 0 Å². The number of unbranched alkanes of at least 4 members (excludes halogenated alkanes) is 7. The molecule has 1 N–H and O–H groups in total. The minimum atomic E-state index is -0.357. The van der Waals surface area contributed by atoms with Crippen LogP contribution in [0.5, 0.6) is 5.75 Å². The summed E-state index contributed by atoms with van der Waals surface area (Å²) in [5, 5.41) is 2.27. The molecular formula is C36H37NO5. The van der Waals surface area contributed by atoms with Gasteiger partial charge in [0.05, 0.1) is 5.57 Å². The number of hydrogen-bond donors (Lipinski definition) is 1. The second-order valence-electron chi connectivity index (χ2n) is 10.5. The van der Waals surface area contributed by atoms with E-state index in [2.05, 4.69) is 5.32 Å². The zero-order valence-corrected chi connectivity index (χ0v) is 23.8. The standard InChI is InChI=1S/C36H37NO5/c38-33(30-13-9-7-10-14-30)25-20-28-18-23-31(24-19-28)42-35(40)15-11-6-4-2-1-3-5-8-12-27-16-21-29(22-17-27)32-26-34(39)37-36(32)41/h7,9-10,13-14,16-26H,1-6,8,11-12,15H2,(H,37,39,41). The molecule has 0 aromatic heterocycles. The quantitative estimate of drug-likeness (QED) is 0.0494. The number of nitrogens with one attached hydrogen (secondary N) is 1. The highest BCUT2D eigenvalue weighted by Gasteiger charge is 2.21. The van der Waals surface area contributed by atoms with E-state index >= 15 is 0 Å². The summed E-state index contributed by atoms with van der Waals surface area (Å²) in [5.41, 5.74) is 3.94. The van der Waals surface area contributed by atoms with Crippen LogP contribution in [-0.2, 0) is 20.8 Å². The predicted octanol–water partition coefficient (Wildman–Crippen LogP) is 7.28. The molecule has 0 atom stereocenters. The van der Waals surface area contributed by atoms with Gasteiger partial charge in [-0.3, -0.25) is 24.5 Å². The van der Waals surface area contributed by atoms with E-state index in [1.165, 1.54) is 37.3 Å². The molecule has 216 valence electrons. The van der Waals surface area contributed by atoms with E-state index < -0.39 is 0 Å². The van der Waals surface area contributed by atoms with Gasteiger partial charge in [-0.2, -0.15) is 0 Å². The van der Waals surface area contributed by atoms with Gasteiger partial charge in [0.25, 0.3) is 11.8 Å². The van der Waals surface area contributed by atoms with Crippen molar-refractivity contribution in [3.63, 3.8) is 0 Å². The summed E-state index contributed by atoms with van der Waals surface area (Å²) < 4.78 is 5.45. The number of ether oxygens (including phenoxy) is 1. The van der Waals surface area contributed by atoms with Crippen molar-refractivity contribution in [1.82, 2.24) is 5.32 Å². The number of benzene rings is 3. The Hall–Kier alpha value is -4.58. The van der Waals surface area contributed by atoms with Gasteiger partial charge in [-0.25, -0.2) is 0 Å². The van der Waals surface area contributed by atoms with Crippen LogP contribution in [0.4, 0.5) is 0 Å². The number of esters is 1. The molecule has 0 unspecified atom stereocenters. The smallest absolute Gasteiger partial charge is 0.311 e. The van der Waals surface area contributed by atoms with Crippen LogP contribution >= 0.6 is 0 Å². The van der Waals surface area contributed by atoms with E-state index in [0.717, 1.165) is 43.2 Å². The average Bonchev–Trinajstić information content (AvgIpc) is 3.35. The molecular weight excluding hydrogens is 526 g/mol. The fraction of sp³-hybridized carbons (Fsp3) is 0.278. The van der Waals surface area contributed by atoms with Gasteiger partial charge in [-0.05, 0) is 54.2 Å². The van der Waals surface area contributed by atoms with E-state index in [9.17, 15) is 19.2 Å². The summed E-state index contributed by atoms with van der Waals surface area (Å²) >= 11 is 0. The molecule has 42 heavy (non-hydrogen) atoms. The van der Waals surface area contributed by atoms with Crippen molar-refractivity contribution in [3.8, 4) is 5.75 Å². The highest BCUT2D eigenvalue weighted by molar-refractivity contribution is 6.33. The van der Waals surface area contributed by atoms with Crippen molar-refractivity contribution in [1.29, 1.82) is 0 Å². The highest BCUT2D eigenvalue weighted by Crippen LogP contribution is 2.20. The number of hydrogen-bond acceptors (Lipinski definition) is 5. The highest BCUT2D eigenvalue weighted by atomic mass is 16.5. The molecule has 1 heterocycles. The van der Waals surface area contributed by atoms with Gasteiger partial charge >= 0.3 is 5.97 Å². The first kappa shape index (κ1) is 30.4. The molecule has 0 spiro atoms. The molecule has 4 rings (SSSR count). The lowest BCUT2D eigenvalue weighted by molar-refractivity contribution is -0.134. The molecule has 6 nitrogen and oxygen atoms in total. The molecule has 2 amide bonds. The fourth-order valence-electron chi connectivity index (χ4n) is 4.84. The van der Waals surface area contributed by atoms with Crippen molar-refractivity contribution >= 4 is 35.2 Å². The third kappa shape index (κ3) is 9.81. The molecule has 0 radical (unpaired) electrons. The van der Waals surface area contributed by atoms with Gasteiger partial charge in [0.2, 0.25) is 0 Å². The van der Waals surface area contributed by atoms with Gasteiger partial charge in [-0.1, -0.05) is 111 Å². The van der Waals surface area contributed by atoms with Crippen LogP contribution in [0.3, 0.4) is 0 Å². The molecule has 3 aromatic rings. The van der Waals surface area contributed by atoms with Crippen LogP contribution in [0, 0.1) is 0 Å². The minimum absolute atomic E-state index is 0.0542. The molecule has 1 aliphatic heterocycles. The number of allylic oxidation sites excluding steroid dienone is 1. The molecule has 3 aromatic carbocycles. The molecule has 0 saturated carbocycles. The number of carbonyl (C=O) groups excluding carboxylic acids is 4. The molecule has 0 bridgehead atoms. The van der Waals surface area contributed by atoms with Crippen molar-refractivity contribution in [2.45, 2.75) is 64.2 Å². The van der Waals surface area contributed by atoms with Crippen LogP contribution in [0.2, 0.25) is 0 Å². The van der Waals surface area contributed by atoms with E-state index in [1.54, 1.807) is 36.4 Å². The summed E-state index contributed by atoms with van der Waals surface area (Å²) in [6.07, 6.45) is 14.9. The Labute approximate surface area is 247 Å². The third-order valence-corrected chi connectivity index (χ3v) is 7.22. The largest absolute Gasteiger partial charge is 0.427 e. The second-order valence-corrected chi connectivity index (χ2v) is 10.5. The van der Waals surface area contributed by atoms with Crippen molar-refractivity contribution in [2.75, 3.05) is 0 Å². The normalized spacial score (nSPS) is 12.8. The Morgan fingerprint density at radius 1 is 0.714 bits per heavy atom. The first-order chi connectivity index (χ1) is 20.5. The summed E-state index contributed by atoms with van der Waals surface area (Å²) in [6, 6.07) is 24.1. The lowest BCUT2D eigenvalue weighted by Crippen LogP contribution is -2.21. The summed E-state index contributed by atoms with van der Waals surface area (Å²) in [4.78, 5) is 47.5. The first-order valence-corrected chi connectivity index (χ1v) is 14.7. The van der Waals surface area contributed by atoms with E-state index in [-0.39, 0.29) is 23.6 Å². The third-order valence-electron chi connectivity index (χ3n) is 7.22. The Kier molecular flexibility index (Phi) is 11.6. The number of ketones is 1. The maximum Gasteiger partial charge on any atom is 0.311 e. The van der Waals surface area contributed by atoms with Crippen LogP contribution in [0.1, 0.15) is 84.8 Å². The summed E-state index contributed by atoms with van der Waals surface area (Å²) in [6.45, 7) is 0. The van der Waals surface area contributed by atoms with E-state index in [1.807, 2.05) is 54.6 Å². The van der Waals surface area contributed by atoms with Crippen LogP contribution < -0.4 is 10.1 Å². The number of amides is 2. The molecule has 0 saturated heterocycles. The first-order valence-electron chi connectivity index (χ1n) is 14.7. The van der Waals surface area contributed by atoms with E-state index in [4.69, 9.17) is 4.74 Å². The zero-order valence-electron chi connectivity index (χ0n) is 23.8. The Balaban J connectivity index is 1.01.